The first-order valence-electron chi connectivity index (χ1n) is 6.43. The van der Waals surface area contributed by atoms with Crippen LogP contribution in [-0.4, -0.2) is 27.2 Å². The van der Waals surface area contributed by atoms with E-state index in [-0.39, 0.29) is 5.75 Å². The molecule has 1 heterocycles. The van der Waals surface area contributed by atoms with Gasteiger partial charge >= 0.3 is 0 Å². The summed E-state index contributed by atoms with van der Waals surface area (Å²) >= 11 is 5.95. The lowest BCUT2D eigenvalue weighted by atomic mass is 10.1. The van der Waals surface area contributed by atoms with Crippen LogP contribution in [0.3, 0.4) is 0 Å². The molecule has 112 valence electrons. The second-order valence-corrected chi connectivity index (χ2v) is 5.07. The van der Waals surface area contributed by atoms with Crippen LogP contribution in [0.4, 0.5) is 5.69 Å². The molecule has 6 nitrogen and oxygen atoms in total. The lowest BCUT2D eigenvalue weighted by molar-refractivity contribution is 0.417. The summed E-state index contributed by atoms with van der Waals surface area (Å²) in [4.78, 5) is 0. The van der Waals surface area contributed by atoms with E-state index in [0.717, 1.165) is 5.69 Å². The molecule has 22 heavy (non-hydrogen) atoms. The first-order valence-corrected chi connectivity index (χ1v) is 6.81. The number of hydrogen-bond acceptors (Lipinski definition) is 5. The van der Waals surface area contributed by atoms with Crippen molar-refractivity contribution >= 4 is 17.3 Å². The Morgan fingerprint density at radius 2 is 2.05 bits per heavy atom. The van der Waals surface area contributed by atoms with Crippen molar-refractivity contribution in [1.29, 1.82) is 0 Å². The first-order chi connectivity index (χ1) is 10.6. The summed E-state index contributed by atoms with van der Waals surface area (Å²) in [5.41, 5.74) is 8.15. The SMILES string of the molecule is COc1ccc(-n2cc(-c3cc(Cl)ccc3O)nn2)cc1N. The lowest BCUT2D eigenvalue weighted by Crippen LogP contribution is -1.98. The molecule has 0 saturated heterocycles. The molecule has 0 unspecified atom stereocenters. The van der Waals surface area contributed by atoms with Crippen LogP contribution in [0.15, 0.2) is 42.6 Å². The first kappa shape index (κ1) is 14.2. The Hall–Kier alpha value is -2.73. The molecule has 0 aliphatic heterocycles. The Morgan fingerprint density at radius 1 is 1.23 bits per heavy atom. The van der Waals surface area contributed by atoms with Crippen molar-refractivity contribution in [2.45, 2.75) is 0 Å². The molecule has 0 bridgehead atoms. The number of hydrogen-bond donors (Lipinski definition) is 2. The van der Waals surface area contributed by atoms with Crippen LogP contribution in [0.1, 0.15) is 0 Å². The Kier molecular flexibility index (Phi) is 3.60. The average molecular weight is 317 g/mol. The number of phenolic OH excluding ortho intramolecular Hbond substituents is 1. The van der Waals surface area contributed by atoms with Gasteiger partial charge in [-0.2, -0.15) is 0 Å². The third-order valence-corrected chi connectivity index (χ3v) is 3.44. The van der Waals surface area contributed by atoms with E-state index in [9.17, 15) is 5.11 Å². The number of halogens is 1. The fraction of sp³-hybridized carbons (Fsp3) is 0.0667. The van der Waals surface area contributed by atoms with E-state index < -0.39 is 0 Å². The van der Waals surface area contributed by atoms with Gasteiger partial charge in [-0.25, -0.2) is 4.68 Å². The van der Waals surface area contributed by atoms with E-state index in [4.69, 9.17) is 22.1 Å². The van der Waals surface area contributed by atoms with Crippen molar-refractivity contribution in [3.05, 3.63) is 47.6 Å². The van der Waals surface area contributed by atoms with Crippen LogP contribution in [0.25, 0.3) is 16.9 Å². The number of benzene rings is 2. The molecule has 0 spiro atoms. The molecular weight excluding hydrogens is 304 g/mol. The van der Waals surface area contributed by atoms with E-state index >= 15 is 0 Å². The van der Waals surface area contributed by atoms with Crippen LogP contribution in [0, 0.1) is 0 Å². The average Bonchev–Trinajstić information content (AvgIpc) is 2.99. The number of rotatable bonds is 3. The molecule has 3 rings (SSSR count). The quantitative estimate of drug-likeness (QED) is 0.726. The molecule has 3 aromatic rings. The highest BCUT2D eigenvalue weighted by atomic mass is 35.5. The van der Waals surface area contributed by atoms with E-state index in [1.54, 1.807) is 42.3 Å². The zero-order chi connectivity index (χ0) is 15.7. The van der Waals surface area contributed by atoms with Crippen LogP contribution >= 0.6 is 11.6 Å². The van der Waals surface area contributed by atoms with E-state index in [1.807, 2.05) is 6.07 Å². The van der Waals surface area contributed by atoms with Crippen molar-refractivity contribution in [3.63, 3.8) is 0 Å². The summed E-state index contributed by atoms with van der Waals surface area (Å²) in [6, 6.07) is 10.0. The molecule has 1 aromatic heterocycles. The van der Waals surface area contributed by atoms with E-state index in [0.29, 0.717) is 27.7 Å². The summed E-state index contributed by atoms with van der Waals surface area (Å²) in [7, 11) is 1.56. The number of nitrogen functional groups attached to an aromatic ring is 1. The molecule has 0 radical (unpaired) electrons. The van der Waals surface area contributed by atoms with Gasteiger partial charge < -0.3 is 15.6 Å². The molecule has 0 aliphatic carbocycles. The highest BCUT2D eigenvalue weighted by Crippen LogP contribution is 2.31. The number of phenols is 1. The van der Waals surface area contributed by atoms with Gasteiger partial charge in [0, 0.05) is 10.6 Å². The smallest absolute Gasteiger partial charge is 0.141 e. The topological polar surface area (TPSA) is 86.2 Å². The van der Waals surface area contributed by atoms with Crippen LogP contribution in [0.5, 0.6) is 11.5 Å². The standard InChI is InChI=1S/C15H13ClN4O2/c1-22-15-5-3-10(7-12(15)17)20-8-13(18-19-20)11-6-9(16)2-4-14(11)21/h2-8,21H,17H2,1H3. The predicted octanol–water partition coefficient (Wildman–Crippen LogP) is 2.88. The number of nitrogens with two attached hydrogens (primary N) is 1. The minimum Gasteiger partial charge on any atom is -0.507 e. The molecule has 3 N–H and O–H groups in total. The Bertz CT molecular complexity index is 832. The Balaban J connectivity index is 2.00. The zero-order valence-corrected chi connectivity index (χ0v) is 12.4. The predicted molar refractivity (Wildman–Crippen MR) is 84.4 cm³/mol. The van der Waals surface area contributed by atoms with E-state index in [2.05, 4.69) is 10.3 Å². The van der Waals surface area contributed by atoms with Crippen LogP contribution in [0.2, 0.25) is 5.02 Å². The Morgan fingerprint density at radius 3 is 2.77 bits per heavy atom. The van der Waals surface area contributed by atoms with Crippen molar-refractivity contribution in [3.8, 4) is 28.4 Å². The summed E-state index contributed by atoms with van der Waals surface area (Å²) in [5.74, 6) is 0.683. The maximum atomic E-state index is 9.91. The van der Waals surface area contributed by atoms with Crippen molar-refractivity contribution < 1.29 is 9.84 Å². The number of anilines is 1. The fourth-order valence-electron chi connectivity index (χ4n) is 2.09. The third kappa shape index (κ3) is 2.56. The summed E-state index contributed by atoms with van der Waals surface area (Å²) in [6.07, 6.45) is 1.69. The lowest BCUT2D eigenvalue weighted by Gasteiger charge is -2.06. The van der Waals surface area contributed by atoms with Gasteiger partial charge in [0.05, 0.1) is 24.7 Å². The van der Waals surface area contributed by atoms with Gasteiger partial charge in [0.15, 0.2) is 0 Å². The number of ether oxygens (including phenoxy) is 1. The van der Waals surface area contributed by atoms with Gasteiger partial charge in [-0.15, -0.1) is 5.10 Å². The highest BCUT2D eigenvalue weighted by Gasteiger charge is 2.11. The van der Waals surface area contributed by atoms with Crippen LogP contribution in [-0.2, 0) is 0 Å². The fourth-order valence-corrected chi connectivity index (χ4v) is 2.26. The molecule has 7 heteroatoms. The molecule has 2 aromatic carbocycles. The van der Waals surface area contributed by atoms with Crippen LogP contribution < -0.4 is 10.5 Å². The molecule has 0 fully saturated rings. The molecular formula is C15H13ClN4O2. The maximum absolute atomic E-state index is 9.91. The third-order valence-electron chi connectivity index (χ3n) is 3.21. The van der Waals surface area contributed by atoms with Gasteiger partial charge in [-0.05, 0) is 36.4 Å². The second kappa shape index (κ2) is 5.57. The van der Waals surface area contributed by atoms with Crippen molar-refractivity contribution in [1.82, 2.24) is 15.0 Å². The highest BCUT2D eigenvalue weighted by molar-refractivity contribution is 6.30. The number of nitrogens with zero attached hydrogens (tertiary/aromatic N) is 3. The summed E-state index contributed by atoms with van der Waals surface area (Å²) < 4.78 is 6.68. The number of methoxy groups -OCH3 is 1. The maximum Gasteiger partial charge on any atom is 0.141 e. The van der Waals surface area contributed by atoms with Crippen molar-refractivity contribution in [2.24, 2.45) is 0 Å². The summed E-state index contributed by atoms with van der Waals surface area (Å²) in [5, 5.41) is 18.5. The molecule has 0 aliphatic rings. The Labute approximate surface area is 131 Å². The van der Waals surface area contributed by atoms with E-state index in [1.165, 1.54) is 6.07 Å². The number of aromatic hydroxyl groups is 1. The van der Waals surface area contributed by atoms with Gasteiger partial charge in [0.1, 0.15) is 17.2 Å². The largest absolute Gasteiger partial charge is 0.507 e. The monoisotopic (exact) mass is 316 g/mol. The van der Waals surface area contributed by atoms with Crippen molar-refractivity contribution in [2.75, 3.05) is 12.8 Å². The zero-order valence-electron chi connectivity index (χ0n) is 11.7. The second-order valence-electron chi connectivity index (χ2n) is 4.64. The van der Waals surface area contributed by atoms with Gasteiger partial charge in [-0.1, -0.05) is 16.8 Å². The normalized spacial score (nSPS) is 10.6. The minimum atomic E-state index is 0.0886. The van der Waals surface area contributed by atoms with Gasteiger partial charge in [0.25, 0.3) is 0 Å². The molecule has 0 atom stereocenters. The number of aromatic nitrogens is 3. The summed E-state index contributed by atoms with van der Waals surface area (Å²) in [6.45, 7) is 0. The molecule has 0 saturated carbocycles. The molecule has 0 amide bonds. The minimum absolute atomic E-state index is 0.0886. The van der Waals surface area contributed by atoms with Gasteiger partial charge in [-0.3, -0.25) is 0 Å². The van der Waals surface area contributed by atoms with Gasteiger partial charge in [0.2, 0.25) is 0 Å².